The smallest absolute Gasteiger partial charge is 0.155 e. The number of ether oxygens (including phenoxy) is 1. The normalized spacial score (nSPS) is 25.3. The number of ketones is 1. The van der Waals surface area contributed by atoms with Crippen molar-refractivity contribution in [2.75, 3.05) is 19.4 Å². The van der Waals surface area contributed by atoms with E-state index in [1.165, 1.54) is 0 Å². The van der Waals surface area contributed by atoms with Crippen LogP contribution in [0.3, 0.4) is 0 Å². The zero-order valence-corrected chi connectivity index (χ0v) is 12.3. The van der Waals surface area contributed by atoms with Crippen LogP contribution >= 0.6 is 0 Å². The Morgan fingerprint density at radius 2 is 2.00 bits per heavy atom. The summed E-state index contributed by atoms with van der Waals surface area (Å²) in [6.07, 6.45) is 0.761. The molecule has 0 amide bonds. The van der Waals surface area contributed by atoms with E-state index in [4.69, 9.17) is 4.74 Å². The number of carbonyl (C=O) groups excluding carboxylic acids is 1. The summed E-state index contributed by atoms with van der Waals surface area (Å²) >= 11 is 0. The summed E-state index contributed by atoms with van der Waals surface area (Å²) in [6.45, 7) is 5.61. The number of sulfone groups is 1. The van der Waals surface area contributed by atoms with Gasteiger partial charge in [0.25, 0.3) is 0 Å². The number of rotatable bonds is 5. The van der Waals surface area contributed by atoms with Crippen molar-refractivity contribution in [3.8, 4) is 0 Å². The minimum Gasteiger partial charge on any atom is -0.380 e. The van der Waals surface area contributed by atoms with E-state index in [-0.39, 0.29) is 30.1 Å². The zero-order valence-electron chi connectivity index (χ0n) is 11.5. The third-order valence-corrected chi connectivity index (χ3v) is 5.97. The first-order chi connectivity index (χ1) is 8.17. The zero-order chi connectivity index (χ0) is 14.0. The molecular weight excluding hydrogens is 254 g/mol. The predicted octanol–water partition coefficient (Wildman–Crippen LogP) is 0.536. The molecule has 6 heteroatoms. The molecule has 1 aliphatic rings. The van der Waals surface area contributed by atoms with Crippen molar-refractivity contribution in [1.29, 1.82) is 0 Å². The number of carbonyl (C=O) groups is 1. The molecule has 1 N–H and O–H groups in total. The average molecular weight is 277 g/mol. The van der Waals surface area contributed by atoms with Gasteiger partial charge in [0.2, 0.25) is 0 Å². The van der Waals surface area contributed by atoms with Gasteiger partial charge in [-0.1, -0.05) is 0 Å². The minimum absolute atomic E-state index is 0.0395. The van der Waals surface area contributed by atoms with Crippen LogP contribution in [-0.4, -0.2) is 50.5 Å². The van der Waals surface area contributed by atoms with Crippen molar-refractivity contribution in [3.63, 3.8) is 0 Å². The van der Waals surface area contributed by atoms with E-state index in [0.717, 1.165) is 0 Å². The van der Waals surface area contributed by atoms with Crippen molar-refractivity contribution < 1.29 is 17.9 Å². The van der Waals surface area contributed by atoms with E-state index in [1.54, 1.807) is 27.9 Å². The van der Waals surface area contributed by atoms with Crippen LogP contribution in [0.5, 0.6) is 0 Å². The predicted molar refractivity (Wildman–Crippen MR) is 70.4 cm³/mol. The van der Waals surface area contributed by atoms with Crippen molar-refractivity contribution in [2.45, 2.75) is 50.5 Å². The van der Waals surface area contributed by atoms with Crippen molar-refractivity contribution in [1.82, 2.24) is 5.32 Å². The SMILES string of the molecule is COC1CNC(C(=O)CCS(=O)(=O)C(C)(C)C)C1. The van der Waals surface area contributed by atoms with Gasteiger partial charge in [-0.05, 0) is 27.2 Å². The van der Waals surface area contributed by atoms with Crippen LogP contribution in [0.2, 0.25) is 0 Å². The Morgan fingerprint density at radius 3 is 2.44 bits per heavy atom. The molecule has 106 valence electrons. The summed E-state index contributed by atoms with van der Waals surface area (Å²) in [7, 11) is -1.61. The molecule has 2 unspecified atom stereocenters. The van der Waals surface area contributed by atoms with E-state index in [9.17, 15) is 13.2 Å². The highest BCUT2D eigenvalue weighted by Crippen LogP contribution is 2.18. The van der Waals surface area contributed by atoms with Crippen LogP contribution in [0.25, 0.3) is 0 Å². The molecule has 0 aromatic heterocycles. The summed E-state index contributed by atoms with van der Waals surface area (Å²) in [5, 5.41) is 3.06. The van der Waals surface area contributed by atoms with Gasteiger partial charge < -0.3 is 10.1 Å². The Morgan fingerprint density at radius 1 is 1.39 bits per heavy atom. The van der Waals surface area contributed by atoms with E-state index in [1.807, 2.05) is 0 Å². The maximum atomic E-state index is 11.9. The van der Waals surface area contributed by atoms with Crippen LogP contribution in [0.15, 0.2) is 0 Å². The van der Waals surface area contributed by atoms with Crippen molar-refractivity contribution >= 4 is 15.6 Å². The van der Waals surface area contributed by atoms with Gasteiger partial charge in [0.15, 0.2) is 15.6 Å². The lowest BCUT2D eigenvalue weighted by atomic mass is 10.1. The molecule has 0 saturated carbocycles. The molecule has 5 nitrogen and oxygen atoms in total. The van der Waals surface area contributed by atoms with Crippen LogP contribution in [0.4, 0.5) is 0 Å². The van der Waals surface area contributed by atoms with Gasteiger partial charge in [0, 0.05) is 20.1 Å². The molecule has 1 saturated heterocycles. The van der Waals surface area contributed by atoms with Gasteiger partial charge in [-0.3, -0.25) is 4.79 Å². The largest absolute Gasteiger partial charge is 0.380 e. The molecule has 0 aromatic rings. The first-order valence-electron chi connectivity index (χ1n) is 6.18. The molecule has 0 bridgehead atoms. The molecule has 18 heavy (non-hydrogen) atoms. The second kappa shape index (κ2) is 5.67. The fourth-order valence-electron chi connectivity index (χ4n) is 1.84. The molecule has 1 aliphatic heterocycles. The maximum absolute atomic E-state index is 11.9. The molecule has 1 rings (SSSR count). The van der Waals surface area contributed by atoms with E-state index < -0.39 is 14.6 Å². The highest BCUT2D eigenvalue weighted by molar-refractivity contribution is 7.92. The lowest BCUT2D eigenvalue weighted by Crippen LogP contribution is -2.35. The standard InChI is InChI=1S/C12H23NO4S/c1-12(2,3)18(15,16)6-5-11(14)10-7-9(17-4)8-13-10/h9-10,13H,5-8H2,1-4H3. The Kier molecular flexibility index (Phi) is 4.91. The van der Waals surface area contributed by atoms with Crippen LogP contribution in [0, 0.1) is 0 Å². The average Bonchev–Trinajstić information content (AvgIpc) is 2.73. The van der Waals surface area contributed by atoms with Gasteiger partial charge in [0.1, 0.15) is 0 Å². The number of nitrogens with one attached hydrogen (secondary N) is 1. The van der Waals surface area contributed by atoms with Crippen molar-refractivity contribution in [2.24, 2.45) is 0 Å². The second-order valence-electron chi connectivity index (χ2n) is 5.70. The van der Waals surface area contributed by atoms with E-state index in [2.05, 4.69) is 5.32 Å². The first kappa shape index (κ1) is 15.6. The third-order valence-electron chi connectivity index (χ3n) is 3.36. The number of hydrogen-bond acceptors (Lipinski definition) is 5. The Labute approximate surface area is 109 Å². The van der Waals surface area contributed by atoms with Gasteiger partial charge in [0.05, 0.1) is 22.6 Å². The maximum Gasteiger partial charge on any atom is 0.155 e. The summed E-state index contributed by atoms with van der Waals surface area (Å²) < 4.78 is 28.1. The molecular formula is C12H23NO4S. The van der Waals surface area contributed by atoms with Gasteiger partial charge in [-0.15, -0.1) is 0 Å². The fraction of sp³-hybridized carbons (Fsp3) is 0.917. The number of methoxy groups -OCH3 is 1. The van der Waals surface area contributed by atoms with E-state index in [0.29, 0.717) is 13.0 Å². The van der Waals surface area contributed by atoms with Gasteiger partial charge >= 0.3 is 0 Å². The summed E-state index contributed by atoms with van der Waals surface area (Å²) in [6, 6.07) is -0.259. The molecule has 0 spiro atoms. The Balaban J connectivity index is 2.48. The molecule has 1 fully saturated rings. The van der Waals surface area contributed by atoms with Crippen molar-refractivity contribution in [3.05, 3.63) is 0 Å². The molecule has 2 atom stereocenters. The van der Waals surface area contributed by atoms with Gasteiger partial charge in [-0.25, -0.2) is 8.42 Å². The van der Waals surface area contributed by atoms with Crippen LogP contribution in [-0.2, 0) is 19.4 Å². The summed E-state index contributed by atoms with van der Waals surface area (Å²) in [5.74, 6) is -0.118. The first-order valence-corrected chi connectivity index (χ1v) is 7.84. The quantitative estimate of drug-likeness (QED) is 0.794. The minimum atomic E-state index is -3.22. The number of Topliss-reactive ketones (excluding diaryl/α,β-unsaturated/α-hetero) is 1. The fourth-order valence-corrected chi connectivity index (χ4v) is 2.93. The molecule has 0 aliphatic carbocycles. The number of hydrogen-bond donors (Lipinski definition) is 1. The Bertz CT molecular complexity index is 397. The highest BCUT2D eigenvalue weighted by atomic mass is 32.2. The highest BCUT2D eigenvalue weighted by Gasteiger charge is 2.33. The topological polar surface area (TPSA) is 72.5 Å². The Hall–Kier alpha value is -0.460. The van der Waals surface area contributed by atoms with Crippen LogP contribution in [0.1, 0.15) is 33.6 Å². The second-order valence-corrected chi connectivity index (χ2v) is 8.56. The summed E-state index contributed by atoms with van der Waals surface area (Å²) in [5.41, 5.74) is 0. The van der Waals surface area contributed by atoms with E-state index >= 15 is 0 Å². The lowest BCUT2D eigenvalue weighted by Gasteiger charge is -2.19. The molecule has 0 radical (unpaired) electrons. The third kappa shape index (κ3) is 3.76. The van der Waals surface area contributed by atoms with Crippen LogP contribution < -0.4 is 5.32 Å². The monoisotopic (exact) mass is 277 g/mol. The van der Waals surface area contributed by atoms with Gasteiger partial charge in [-0.2, -0.15) is 0 Å². The molecule has 1 heterocycles. The summed E-state index contributed by atoms with van der Waals surface area (Å²) in [4.78, 5) is 11.9. The lowest BCUT2D eigenvalue weighted by molar-refractivity contribution is -0.120. The molecule has 0 aromatic carbocycles.